The molecule has 1 aromatic carbocycles. The number of rotatable bonds is 3. The minimum Gasteiger partial charge on any atom is -0.393 e. The Hall–Kier alpha value is -2.83. The molecule has 0 aliphatic rings. The van der Waals surface area contributed by atoms with E-state index < -0.39 is 5.56 Å². The summed E-state index contributed by atoms with van der Waals surface area (Å²) in [5.41, 5.74) is 6.46. The second-order valence-electron chi connectivity index (χ2n) is 3.90. The van der Waals surface area contributed by atoms with Gasteiger partial charge in [0.15, 0.2) is 0 Å². The Bertz CT molecular complexity index is 648. The number of anilines is 4. The Balaban J connectivity index is 2.12. The van der Waals surface area contributed by atoms with Gasteiger partial charge in [0.1, 0.15) is 5.69 Å². The van der Waals surface area contributed by atoms with E-state index in [2.05, 4.69) is 20.6 Å². The van der Waals surface area contributed by atoms with E-state index in [0.717, 1.165) is 5.69 Å². The first-order valence-electron chi connectivity index (χ1n) is 5.54. The van der Waals surface area contributed by atoms with Crippen LogP contribution in [0.4, 0.5) is 23.0 Å². The first kappa shape index (κ1) is 12.6. The highest BCUT2D eigenvalue weighted by atomic mass is 16.1. The van der Waals surface area contributed by atoms with Crippen molar-refractivity contribution in [1.82, 2.24) is 9.97 Å². The third-order valence-corrected chi connectivity index (χ3v) is 2.29. The van der Waals surface area contributed by atoms with E-state index in [0.29, 0.717) is 11.6 Å². The second-order valence-corrected chi connectivity index (χ2v) is 3.90. The van der Waals surface area contributed by atoms with E-state index in [4.69, 9.17) is 5.73 Å². The molecule has 2 rings (SSSR count). The van der Waals surface area contributed by atoms with Crippen molar-refractivity contribution in [3.8, 4) is 0 Å². The lowest BCUT2D eigenvalue weighted by atomic mass is 10.3. The molecule has 19 heavy (non-hydrogen) atoms. The first-order valence-corrected chi connectivity index (χ1v) is 5.54. The summed E-state index contributed by atoms with van der Waals surface area (Å²) in [7, 11) is 0. The molecule has 0 radical (unpaired) electrons. The minimum absolute atomic E-state index is 0.0616. The summed E-state index contributed by atoms with van der Waals surface area (Å²) in [6.45, 7) is 1.44. The largest absolute Gasteiger partial charge is 0.393 e. The molecule has 0 bridgehead atoms. The lowest BCUT2D eigenvalue weighted by Gasteiger charge is -2.07. The zero-order valence-corrected chi connectivity index (χ0v) is 10.2. The Morgan fingerprint density at radius 1 is 1.26 bits per heavy atom. The van der Waals surface area contributed by atoms with Crippen LogP contribution in [0.25, 0.3) is 0 Å². The summed E-state index contributed by atoms with van der Waals surface area (Å²) in [5.74, 6) is 0.164. The summed E-state index contributed by atoms with van der Waals surface area (Å²) < 4.78 is 0. The van der Waals surface area contributed by atoms with Crippen molar-refractivity contribution in [1.29, 1.82) is 0 Å². The van der Waals surface area contributed by atoms with Crippen LogP contribution in [0, 0.1) is 0 Å². The number of aromatic nitrogens is 2. The van der Waals surface area contributed by atoms with Gasteiger partial charge in [-0.15, -0.1) is 0 Å². The molecule has 0 spiro atoms. The molecule has 1 heterocycles. The van der Waals surface area contributed by atoms with Gasteiger partial charge in [-0.1, -0.05) is 0 Å². The molecule has 98 valence electrons. The number of H-pyrrole nitrogens is 1. The fourth-order valence-corrected chi connectivity index (χ4v) is 1.45. The van der Waals surface area contributed by atoms with Gasteiger partial charge in [-0.25, -0.2) is 4.98 Å². The predicted molar refractivity (Wildman–Crippen MR) is 73.3 cm³/mol. The van der Waals surface area contributed by atoms with Gasteiger partial charge in [-0.05, 0) is 24.3 Å². The van der Waals surface area contributed by atoms with Crippen LogP contribution in [0.2, 0.25) is 0 Å². The monoisotopic (exact) mass is 259 g/mol. The van der Waals surface area contributed by atoms with Crippen LogP contribution in [0.5, 0.6) is 0 Å². The Morgan fingerprint density at radius 2 is 1.89 bits per heavy atom. The highest BCUT2D eigenvalue weighted by molar-refractivity contribution is 5.88. The van der Waals surface area contributed by atoms with Gasteiger partial charge in [-0.3, -0.25) is 14.6 Å². The third-order valence-electron chi connectivity index (χ3n) is 2.29. The number of nitrogens with zero attached hydrogens (tertiary/aromatic N) is 1. The number of hydrogen-bond donors (Lipinski definition) is 4. The highest BCUT2D eigenvalue weighted by Gasteiger charge is 2.00. The summed E-state index contributed by atoms with van der Waals surface area (Å²) in [4.78, 5) is 28.6. The number of hydrogen-bond acceptors (Lipinski definition) is 5. The number of nitrogen functional groups attached to an aromatic ring is 1. The standard InChI is InChI=1S/C12H13N5O2/c1-7(18)15-8-2-4-9(5-3-8)16-12-14-6-10(13)11(19)17-12/h2-6H,13H2,1H3,(H,15,18)(H2,14,16,17,19). The quantitative estimate of drug-likeness (QED) is 0.658. The van der Waals surface area contributed by atoms with E-state index in [1.807, 2.05) is 0 Å². The predicted octanol–water partition coefficient (Wildman–Crippen LogP) is 1.05. The van der Waals surface area contributed by atoms with Crippen LogP contribution in [-0.2, 0) is 4.79 Å². The van der Waals surface area contributed by atoms with E-state index in [9.17, 15) is 9.59 Å². The fraction of sp³-hybridized carbons (Fsp3) is 0.0833. The average Bonchev–Trinajstić information content (AvgIpc) is 2.36. The van der Waals surface area contributed by atoms with Crippen LogP contribution in [0.3, 0.4) is 0 Å². The van der Waals surface area contributed by atoms with E-state index in [1.54, 1.807) is 24.3 Å². The van der Waals surface area contributed by atoms with Gasteiger partial charge >= 0.3 is 0 Å². The third kappa shape index (κ3) is 3.32. The van der Waals surface area contributed by atoms with Crippen molar-refractivity contribution in [3.63, 3.8) is 0 Å². The van der Waals surface area contributed by atoms with Crippen molar-refractivity contribution in [2.24, 2.45) is 0 Å². The molecule has 5 N–H and O–H groups in total. The topological polar surface area (TPSA) is 113 Å². The lowest BCUT2D eigenvalue weighted by Crippen LogP contribution is -2.14. The summed E-state index contributed by atoms with van der Waals surface area (Å²) >= 11 is 0. The van der Waals surface area contributed by atoms with Gasteiger partial charge in [0.05, 0.1) is 6.20 Å². The van der Waals surface area contributed by atoms with Gasteiger partial charge in [0.2, 0.25) is 11.9 Å². The molecule has 1 amide bonds. The van der Waals surface area contributed by atoms with Crippen LogP contribution >= 0.6 is 0 Å². The SMILES string of the molecule is CC(=O)Nc1ccc(Nc2ncc(N)c(=O)[nH]2)cc1. The van der Waals surface area contributed by atoms with E-state index in [-0.39, 0.29) is 11.6 Å². The molecule has 2 aromatic rings. The number of carbonyl (C=O) groups is 1. The Labute approximate surface area is 108 Å². The highest BCUT2D eigenvalue weighted by Crippen LogP contribution is 2.16. The molecular weight excluding hydrogens is 246 g/mol. The van der Waals surface area contributed by atoms with E-state index >= 15 is 0 Å². The average molecular weight is 259 g/mol. The zero-order chi connectivity index (χ0) is 13.8. The first-order chi connectivity index (χ1) is 9.04. The summed E-state index contributed by atoms with van der Waals surface area (Å²) in [6.07, 6.45) is 1.28. The smallest absolute Gasteiger partial charge is 0.275 e. The number of benzene rings is 1. The van der Waals surface area contributed by atoms with Gasteiger partial charge < -0.3 is 16.4 Å². The van der Waals surface area contributed by atoms with Crippen molar-refractivity contribution in [2.45, 2.75) is 6.92 Å². The Morgan fingerprint density at radius 3 is 2.47 bits per heavy atom. The minimum atomic E-state index is -0.396. The number of nitrogens with one attached hydrogen (secondary N) is 3. The molecule has 0 fully saturated rings. The number of carbonyl (C=O) groups excluding carboxylic acids is 1. The maximum atomic E-state index is 11.3. The summed E-state index contributed by atoms with van der Waals surface area (Å²) in [6, 6.07) is 6.97. The molecule has 0 saturated heterocycles. The molecule has 7 nitrogen and oxygen atoms in total. The van der Waals surface area contributed by atoms with Gasteiger partial charge in [-0.2, -0.15) is 0 Å². The Kier molecular flexibility index (Phi) is 3.46. The molecule has 1 aromatic heterocycles. The zero-order valence-electron chi connectivity index (χ0n) is 10.2. The van der Waals surface area contributed by atoms with Gasteiger partial charge in [0.25, 0.3) is 5.56 Å². The van der Waals surface area contributed by atoms with E-state index in [1.165, 1.54) is 13.1 Å². The molecule has 0 saturated carbocycles. The molecule has 7 heteroatoms. The van der Waals surface area contributed by atoms with Crippen molar-refractivity contribution in [2.75, 3.05) is 16.4 Å². The molecule has 0 aliphatic carbocycles. The van der Waals surface area contributed by atoms with Crippen LogP contribution in [0.15, 0.2) is 35.3 Å². The van der Waals surface area contributed by atoms with Crippen LogP contribution < -0.4 is 21.9 Å². The molecular formula is C12H13N5O2. The number of nitrogens with two attached hydrogens (primary N) is 1. The van der Waals surface area contributed by atoms with Crippen molar-refractivity contribution < 1.29 is 4.79 Å². The molecule has 0 atom stereocenters. The normalized spacial score (nSPS) is 9.95. The maximum absolute atomic E-state index is 11.3. The van der Waals surface area contributed by atoms with Crippen LogP contribution in [-0.4, -0.2) is 15.9 Å². The second kappa shape index (κ2) is 5.21. The number of amides is 1. The lowest BCUT2D eigenvalue weighted by molar-refractivity contribution is -0.114. The summed E-state index contributed by atoms with van der Waals surface area (Å²) in [5, 5.41) is 5.57. The van der Waals surface area contributed by atoms with Gasteiger partial charge in [0, 0.05) is 18.3 Å². The van der Waals surface area contributed by atoms with Crippen molar-refractivity contribution in [3.05, 3.63) is 40.8 Å². The molecule has 0 unspecified atom stereocenters. The van der Waals surface area contributed by atoms with Crippen LogP contribution in [0.1, 0.15) is 6.92 Å². The van der Waals surface area contributed by atoms with Crippen molar-refractivity contribution >= 4 is 28.9 Å². The molecule has 0 aliphatic heterocycles. The number of aromatic amines is 1. The fourth-order valence-electron chi connectivity index (χ4n) is 1.45. The maximum Gasteiger partial charge on any atom is 0.275 e.